The van der Waals surface area contributed by atoms with E-state index in [0.29, 0.717) is 24.5 Å². The van der Waals surface area contributed by atoms with Crippen molar-refractivity contribution in [2.45, 2.75) is 46.4 Å². The average Bonchev–Trinajstić information content (AvgIpc) is 3.09. The molecule has 0 bridgehead atoms. The van der Waals surface area contributed by atoms with Crippen LogP contribution in [-0.4, -0.2) is 37.2 Å². The van der Waals surface area contributed by atoms with Gasteiger partial charge in [0.2, 0.25) is 0 Å². The summed E-state index contributed by atoms with van der Waals surface area (Å²) in [5.74, 6) is 0.0181. The molecule has 1 aromatic carbocycles. The van der Waals surface area contributed by atoms with Crippen molar-refractivity contribution in [2.24, 2.45) is 0 Å². The van der Waals surface area contributed by atoms with Gasteiger partial charge in [0.1, 0.15) is 5.69 Å². The summed E-state index contributed by atoms with van der Waals surface area (Å²) in [7, 11) is 0. The number of aromatic amines is 1. The Bertz CT molecular complexity index is 983. The van der Waals surface area contributed by atoms with Gasteiger partial charge in [-0.2, -0.15) is 5.10 Å². The zero-order valence-corrected chi connectivity index (χ0v) is 15.4. The van der Waals surface area contributed by atoms with Crippen LogP contribution in [-0.2, 0) is 13.1 Å². The van der Waals surface area contributed by atoms with Gasteiger partial charge in [-0.25, -0.2) is 0 Å². The molecule has 3 heterocycles. The van der Waals surface area contributed by atoms with Crippen LogP contribution in [0.1, 0.15) is 52.5 Å². The fraction of sp³-hybridized carbons (Fsp3) is 0.400. The highest BCUT2D eigenvalue weighted by Gasteiger charge is 2.25. The van der Waals surface area contributed by atoms with Gasteiger partial charge in [0, 0.05) is 24.0 Å². The number of hydrogen-bond acceptors (Lipinski definition) is 3. The van der Waals surface area contributed by atoms with E-state index >= 15 is 0 Å². The molecule has 1 atom stereocenters. The Morgan fingerprint density at radius 1 is 1.27 bits per heavy atom. The largest absolute Gasteiger partial charge is 0.387 e. The van der Waals surface area contributed by atoms with Gasteiger partial charge in [-0.05, 0) is 51.0 Å². The number of rotatable bonds is 2. The van der Waals surface area contributed by atoms with E-state index in [9.17, 15) is 9.90 Å². The van der Waals surface area contributed by atoms with Crippen molar-refractivity contribution in [1.82, 2.24) is 19.7 Å². The van der Waals surface area contributed by atoms with Gasteiger partial charge in [-0.1, -0.05) is 11.6 Å². The number of nitrogens with zero attached hydrogens (tertiary/aromatic N) is 3. The van der Waals surface area contributed by atoms with Crippen LogP contribution in [0.4, 0.5) is 0 Å². The predicted octanol–water partition coefficient (Wildman–Crippen LogP) is 3.08. The summed E-state index contributed by atoms with van der Waals surface area (Å²) in [6.07, 6.45) is 0.246. The van der Waals surface area contributed by atoms with E-state index in [0.717, 1.165) is 35.1 Å². The molecule has 2 N–H and O–H groups in total. The highest BCUT2D eigenvalue weighted by molar-refractivity contribution is 6.01. The number of hydrogen-bond donors (Lipinski definition) is 2. The molecule has 1 aliphatic rings. The van der Waals surface area contributed by atoms with Crippen LogP contribution >= 0.6 is 0 Å². The van der Waals surface area contributed by atoms with Gasteiger partial charge in [0.15, 0.2) is 0 Å². The molecule has 1 aliphatic heterocycles. The van der Waals surface area contributed by atoms with Crippen molar-refractivity contribution in [3.63, 3.8) is 0 Å². The SMILES string of the molecule is Cc1ccc2[nH]c(C(=O)N3CCCn4nc([C@H](C)O)cc4C3)c(C)c2c1. The quantitative estimate of drug-likeness (QED) is 0.744. The Balaban J connectivity index is 1.66. The van der Waals surface area contributed by atoms with Gasteiger partial charge in [-0.3, -0.25) is 9.48 Å². The van der Waals surface area contributed by atoms with E-state index in [1.165, 1.54) is 5.56 Å². The Kier molecular flexibility index (Phi) is 4.07. The molecule has 3 aromatic rings. The van der Waals surface area contributed by atoms with E-state index in [1.54, 1.807) is 6.92 Å². The number of fused-ring (bicyclic) bond motifs is 2. The normalized spacial score (nSPS) is 15.8. The molecule has 0 saturated heterocycles. The summed E-state index contributed by atoms with van der Waals surface area (Å²) >= 11 is 0. The van der Waals surface area contributed by atoms with E-state index in [-0.39, 0.29) is 5.91 Å². The van der Waals surface area contributed by atoms with Crippen molar-refractivity contribution in [3.05, 3.63) is 52.5 Å². The number of aromatic nitrogens is 3. The lowest BCUT2D eigenvalue weighted by Gasteiger charge is -2.19. The summed E-state index contributed by atoms with van der Waals surface area (Å²) in [5, 5.41) is 15.3. The molecule has 4 rings (SSSR count). The Labute approximate surface area is 152 Å². The van der Waals surface area contributed by atoms with Crippen LogP contribution in [0.3, 0.4) is 0 Å². The van der Waals surface area contributed by atoms with Crippen molar-refractivity contribution < 1.29 is 9.90 Å². The first-order chi connectivity index (χ1) is 12.4. The second-order valence-corrected chi connectivity index (χ2v) is 7.21. The molecule has 0 unspecified atom stereocenters. The predicted molar refractivity (Wildman–Crippen MR) is 100.0 cm³/mol. The lowest BCUT2D eigenvalue weighted by Crippen LogP contribution is -2.31. The van der Waals surface area contributed by atoms with Gasteiger partial charge < -0.3 is 15.0 Å². The maximum absolute atomic E-state index is 13.2. The Hall–Kier alpha value is -2.60. The third kappa shape index (κ3) is 2.80. The molecular formula is C20H24N4O2. The zero-order chi connectivity index (χ0) is 18.4. The number of amides is 1. The van der Waals surface area contributed by atoms with Gasteiger partial charge >= 0.3 is 0 Å². The number of carbonyl (C=O) groups is 1. The van der Waals surface area contributed by atoms with Crippen LogP contribution in [0, 0.1) is 13.8 Å². The fourth-order valence-electron chi connectivity index (χ4n) is 3.67. The number of aryl methyl sites for hydroxylation is 3. The lowest BCUT2D eigenvalue weighted by molar-refractivity contribution is 0.0740. The lowest BCUT2D eigenvalue weighted by atomic mass is 10.1. The molecule has 26 heavy (non-hydrogen) atoms. The minimum Gasteiger partial charge on any atom is -0.387 e. The summed E-state index contributed by atoms with van der Waals surface area (Å²) in [6.45, 7) is 7.73. The van der Waals surface area contributed by atoms with Crippen LogP contribution in [0.15, 0.2) is 24.3 Å². The number of aliphatic hydroxyl groups excluding tert-OH is 1. The maximum atomic E-state index is 13.2. The van der Waals surface area contributed by atoms with Crippen LogP contribution in [0.25, 0.3) is 10.9 Å². The summed E-state index contributed by atoms with van der Waals surface area (Å²) < 4.78 is 1.91. The Morgan fingerprint density at radius 2 is 2.08 bits per heavy atom. The smallest absolute Gasteiger partial charge is 0.270 e. The van der Waals surface area contributed by atoms with Crippen molar-refractivity contribution in [1.29, 1.82) is 0 Å². The molecular weight excluding hydrogens is 328 g/mol. The molecule has 0 fully saturated rings. The molecule has 1 amide bonds. The number of H-pyrrole nitrogens is 1. The molecule has 2 aromatic heterocycles. The summed E-state index contributed by atoms with van der Waals surface area (Å²) in [4.78, 5) is 18.4. The topological polar surface area (TPSA) is 74.2 Å². The first kappa shape index (κ1) is 16.8. The monoisotopic (exact) mass is 352 g/mol. The van der Waals surface area contributed by atoms with Crippen LogP contribution < -0.4 is 0 Å². The third-order valence-corrected chi connectivity index (χ3v) is 5.18. The fourth-order valence-corrected chi connectivity index (χ4v) is 3.67. The highest BCUT2D eigenvalue weighted by Crippen LogP contribution is 2.25. The van der Waals surface area contributed by atoms with Gasteiger partial charge in [0.25, 0.3) is 5.91 Å². The number of nitrogens with one attached hydrogen (secondary N) is 1. The molecule has 0 aliphatic carbocycles. The van der Waals surface area contributed by atoms with Crippen molar-refractivity contribution in [3.8, 4) is 0 Å². The number of benzene rings is 1. The van der Waals surface area contributed by atoms with Crippen LogP contribution in [0.5, 0.6) is 0 Å². The second kappa shape index (κ2) is 6.29. The van der Waals surface area contributed by atoms with Gasteiger partial charge in [-0.15, -0.1) is 0 Å². The van der Waals surface area contributed by atoms with Crippen molar-refractivity contribution >= 4 is 16.8 Å². The number of aliphatic hydroxyl groups is 1. The number of carbonyl (C=O) groups excluding carboxylic acids is 1. The zero-order valence-electron chi connectivity index (χ0n) is 15.4. The minimum absolute atomic E-state index is 0.0181. The highest BCUT2D eigenvalue weighted by atomic mass is 16.3. The first-order valence-corrected chi connectivity index (χ1v) is 9.07. The molecule has 0 saturated carbocycles. The molecule has 6 heteroatoms. The molecule has 0 radical (unpaired) electrons. The first-order valence-electron chi connectivity index (χ1n) is 9.07. The minimum atomic E-state index is -0.599. The maximum Gasteiger partial charge on any atom is 0.270 e. The third-order valence-electron chi connectivity index (χ3n) is 5.18. The van der Waals surface area contributed by atoms with E-state index in [1.807, 2.05) is 28.6 Å². The van der Waals surface area contributed by atoms with E-state index < -0.39 is 6.10 Å². The van der Waals surface area contributed by atoms with Gasteiger partial charge in [0.05, 0.1) is 24.0 Å². The molecule has 6 nitrogen and oxygen atoms in total. The molecule has 136 valence electrons. The summed E-state index contributed by atoms with van der Waals surface area (Å²) in [5.41, 5.74) is 5.46. The summed E-state index contributed by atoms with van der Waals surface area (Å²) in [6, 6.07) is 8.09. The Morgan fingerprint density at radius 3 is 2.85 bits per heavy atom. The average molecular weight is 352 g/mol. The standard InChI is InChI=1S/C20H24N4O2/c1-12-5-6-17-16(9-12)13(2)19(21-17)20(26)23-7-4-8-24-15(11-23)10-18(22-24)14(3)25/h5-6,9-10,14,21,25H,4,7-8,11H2,1-3H3/t14-/m0/s1. The molecule has 0 spiro atoms. The van der Waals surface area contributed by atoms with Crippen molar-refractivity contribution in [2.75, 3.05) is 6.54 Å². The second-order valence-electron chi connectivity index (χ2n) is 7.21. The van der Waals surface area contributed by atoms with E-state index in [4.69, 9.17) is 0 Å². The van der Waals surface area contributed by atoms with E-state index in [2.05, 4.69) is 29.1 Å². The van der Waals surface area contributed by atoms with Crippen LogP contribution in [0.2, 0.25) is 0 Å².